The number of fused-ring (bicyclic) bond motifs is 1. The Morgan fingerprint density at radius 1 is 1.19 bits per heavy atom. The summed E-state index contributed by atoms with van der Waals surface area (Å²) in [6.07, 6.45) is 3.49. The first-order valence-electron chi connectivity index (χ1n) is 9.92. The molecular formula is C23H25N3O5. The zero-order valence-corrected chi connectivity index (χ0v) is 18.0. The highest BCUT2D eigenvalue weighted by molar-refractivity contribution is 6.00. The molecule has 0 atom stereocenters. The van der Waals surface area contributed by atoms with E-state index in [2.05, 4.69) is 4.98 Å². The number of nitro groups is 1. The minimum atomic E-state index is -0.687. The topological polar surface area (TPSA) is 103 Å². The number of amides is 1. The highest BCUT2D eigenvalue weighted by Gasteiger charge is 2.24. The van der Waals surface area contributed by atoms with Crippen LogP contribution in [0.5, 0.6) is 0 Å². The third kappa shape index (κ3) is 5.75. The van der Waals surface area contributed by atoms with Crippen LogP contribution in [-0.4, -0.2) is 32.3 Å². The van der Waals surface area contributed by atoms with Crippen molar-refractivity contribution in [3.63, 3.8) is 0 Å². The summed E-state index contributed by atoms with van der Waals surface area (Å²) in [5.74, 6) is 0.0144. The first kappa shape index (κ1) is 22.1. The summed E-state index contributed by atoms with van der Waals surface area (Å²) in [6.45, 7) is 7.22. The molecule has 1 aliphatic rings. The highest BCUT2D eigenvalue weighted by atomic mass is 16.6. The molecule has 0 spiro atoms. The second kappa shape index (κ2) is 8.67. The first-order chi connectivity index (χ1) is 14.5. The lowest BCUT2D eigenvalue weighted by Crippen LogP contribution is -2.36. The highest BCUT2D eigenvalue weighted by Crippen LogP contribution is 2.26. The van der Waals surface area contributed by atoms with Crippen molar-refractivity contribution < 1.29 is 19.2 Å². The summed E-state index contributed by atoms with van der Waals surface area (Å²) < 4.78 is 5.54. The molecule has 0 radical (unpaired) electrons. The van der Waals surface area contributed by atoms with Crippen molar-refractivity contribution in [2.45, 2.75) is 52.8 Å². The van der Waals surface area contributed by atoms with Crippen molar-refractivity contribution in [2.24, 2.45) is 0 Å². The monoisotopic (exact) mass is 423 g/mol. The van der Waals surface area contributed by atoms with Crippen LogP contribution in [0.4, 0.5) is 10.5 Å². The summed E-state index contributed by atoms with van der Waals surface area (Å²) in [6, 6.07) is 8.08. The number of hydrogen-bond donors (Lipinski definition) is 0. The number of nitrogens with zero attached hydrogens (tertiary/aromatic N) is 3. The Morgan fingerprint density at radius 3 is 2.55 bits per heavy atom. The number of nitro benzene ring substituents is 1. The SMILES string of the molecule is CC(=O)C1=Cc2cc(CN(Cc3cccc([N+](=O)[O-])c3)C(=O)OC(C)(C)C)cnc2C1. The molecule has 0 saturated heterocycles. The Kier molecular flexibility index (Phi) is 6.19. The van der Waals surface area contributed by atoms with Crippen molar-refractivity contribution >= 4 is 23.6 Å². The Hall–Kier alpha value is -3.55. The maximum atomic E-state index is 12.9. The third-order valence-corrected chi connectivity index (χ3v) is 4.72. The van der Waals surface area contributed by atoms with E-state index < -0.39 is 16.6 Å². The molecule has 8 nitrogen and oxygen atoms in total. The van der Waals surface area contributed by atoms with Gasteiger partial charge in [-0.05, 0) is 56.5 Å². The Bertz CT molecular complexity index is 1070. The van der Waals surface area contributed by atoms with E-state index in [1.165, 1.54) is 24.0 Å². The largest absolute Gasteiger partial charge is 0.444 e. The van der Waals surface area contributed by atoms with Crippen molar-refractivity contribution in [2.75, 3.05) is 0 Å². The summed E-state index contributed by atoms with van der Waals surface area (Å²) in [4.78, 5) is 41.1. The van der Waals surface area contributed by atoms with E-state index in [0.29, 0.717) is 17.6 Å². The van der Waals surface area contributed by atoms with Crippen molar-refractivity contribution in [1.82, 2.24) is 9.88 Å². The summed E-state index contributed by atoms with van der Waals surface area (Å²) in [5, 5.41) is 11.1. The van der Waals surface area contributed by atoms with Gasteiger partial charge in [0, 0.05) is 36.9 Å². The number of allylic oxidation sites excluding steroid dienone is 1. The van der Waals surface area contributed by atoms with Gasteiger partial charge in [0.25, 0.3) is 5.69 Å². The molecule has 0 unspecified atom stereocenters. The minimum Gasteiger partial charge on any atom is -0.444 e. The molecule has 0 fully saturated rings. The van der Waals surface area contributed by atoms with Gasteiger partial charge in [0.1, 0.15) is 5.60 Å². The molecule has 0 aliphatic heterocycles. The molecule has 2 aromatic rings. The Morgan fingerprint density at radius 2 is 1.90 bits per heavy atom. The lowest BCUT2D eigenvalue weighted by atomic mass is 10.1. The molecule has 1 aliphatic carbocycles. The number of ketones is 1. The number of non-ortho nitro benzene ring substituents is 1. The predicted molar refractivity (Wildman–Crippen MR) is 115 cm³/mol. The van der Waals surface area contributed by atoms with Crippen LogP contribution in [0.25, 0.3) is 6.08 Å². The summed E-state index contributed by atoms with van der Waals surface area (Å²) in [7, 11) is 0. The number of aromatic nitrogens is 1. The van der Waals surface area contributed by atoms with Crippen LogP contribution in [0, 0.1) is 10.1 Å². The number of pyridine rings is 1. The van der Waals surface area contributed by atoms with Crippen LogP contribution in [0.1, 0.15) is 50.1 Å². The van der Waals surface area contributed by atoms with Crippen molar-refractivity contribution in [3.05, 3.63) is 74.6 Å². The lowest BCUT2D eigenvalue weighted by Gasteiger charge is -2.27. The van der Waals surface area contributed by atoms with Gasteiger partial charge in [-0.15, -0.1) is 0 Å². The quantitative estimate of drug-likeness (QED) is 0.502. The second-order valence-electron chi connectivity index (χ2n) is 8.55. The molecule has 1 aromatic heterocycles. The number of benzene rings is 1. The summed E-state index contributed by atoms with van der Waals surface area (Å²) in [5.41, 5.74) is 3.07. The third-order valence-electron chi connectivity index (χ3n) is 4.72. The van der Waals surface area contributed by atoms with E-state index in [4.69, 9.17) is 4.74 Å². The first-order valence-corrected chi connectivity index (χ1v) is 9.92. The molecular weight excluding hydrogens is 398 g/mol. The van der Waals surface area contributed by atoms with Crippen LogP contribution in [0.3, 0.4) is 0 Å². The molecule has 1 amide bonds. The molecule has 0 N–H and O–H groups in total. The van der Waals surface area contributed by atoms with Gasteiger partial charge in [-0.3, -0.25) is 24.8 Å². The van der Waals surface area contributed by atoms with Crippen LogP contribution in [0.15, 0.2) is 42.1 Å². The van der Waals surface area contributed by atoms with E-state index in [9.17, 15) is 19.7 Å². The fourth-order valence-corrected chi connectivity index (χ4v) is 3.28. The number of ether oxygens (including phenoxy) is 1. The molecule has 0 saturated carbocycles. The van der Waals surface area contributed by atoms with Gasteiger partial charge in [-0.1, -0.05) is 12.1 Å². The standard InChI is InChI=1S/C23H25N3O5/c1-15(27)18-10-19-8-17(12-24-21(19)11-18)14-25(22(28)31-23(2,3)4)13-16-6-5-7-20(9-16)26(29)30/h5-10,12H,11,13-14H2,1-4H3. The van der Waals surface area contributed by atoms with Crippen molar-refractivity contribution in [1.29, 1.82) is 0 Å². The zero-order chi connectivity index (χ0) is 22.8. The number of Topliss-reactive ketones (excluding diaryl/α,β-unsaturated/α-hetero) is 1. The van der Waals surface area contributed by atoms with E-state index in [0.717, 1.165) is 16.8 Å². The van der Waals surface area contributed by atoms with Crippen LogP contribution < -0.4 is 0 Å². The minimum absolute atomic E-state index is 0.0144. The average molecular weight is 423 g/mol. The van der Waals surface area contributed by atoms with Crippen molar-refractivity contribution in [3.8, 4) is 0 Å². The Balaban J connectivity index is 1.86. The number of carbonyl (C=O) groups excluding carboxylic acids is 2. The van der Waals surface area contributed by atoms with Crippen LogP contribution in [-0.2, 0) is 29.0 Å². The van der Waals surface area contributed by atoms with Gasteiger partial charge in [0.15, 0.2) is 5.78 Å². The van der Waals surface area contributed by atoms with Gasteiger partial charge in [-0.25, -0.2) is 4.79 Å². The number of carbonyl (C=O) groups is 2. The van der Waals surface area contributed by atoms with E-state index in [1.807, 2.05) is 12.1 Å². The van der Waals surface area contributed by atoms with Gasteiger partial charge in [0.05, 0.1) is 17.2 Å². The van der Waals surface area contributed by atoms with Gasteiger partial charge >= 0.3 is 6.09 Å². The molecule has 3 rings (SSSR count). The van der Waals surface area contributed by atoms with Gasteiger partial charge in [-0.2, -0.15) is 0 Å². The van der Waals surface area contributed by atoms with Gasteiger partial charge in [0.2, 0.25) is 0 Å². The zero-order valence-electron chi connectivity index (χ0n) is 18.0. The molecule has 31 heavy (non-hydrogen) atoms. The normalized spacial score (nSPS) is 12.7. The molecule has 1 aromatic carbocycles. The van der Waals surface area contributed by atoms with Crippen LogP contribution >= 0.6 is 0 Å². The smallest absolute Gasteiger partial charge is 0.410 e. The maximum absolute atomic E-state index is 12.9. The molecule has 8 heteroatoms. The van der Waals surface area contributed by atoms with E-state index >= 15 is 0 Å². The van der Waals surface area contributed by atoms with E-state index in [1.54, 1.807) is 39.1 Å². The second-order valence-corrected chi connectivity index (χ2v) is 8.55. The molecule has 162 valence electrons. The van der Waals surface area contributed by atoms with E-state index in [-0.39, 0.29) is 24.6 Å². The van der Waals surface area contributed by atoms with Gasteiger partial charge < -0.3 is 4.74 Å². The van der Waals surface area contributed by atoms with Crippen LogP contribution in [0.2, 0.25) is 0 Å². The fraction of sp³-hybridized carbons (Fsp3) is 0.348. The fourth-order valence-electron chi connectivity index (χ4n) is 3.28. The predicted octanol–water partition coefficient (Wildman–Crippen LogP) is 4.46. The maximum Gasteiger partial charge on any atom is 0.410 e. The Labute approximate surface area is 180 Å². The number of hydrogen-bond acceptors (Lipinski definition) is 6. The number of rotatable bonds is 6. The molecule has 0 bridgehead atoms. The molecule has 1 heterocycles. The summed E-state index contributed by atoms with van der Waals surface area (Å²) >= 11 is 0. The lowest BCUT2D eigenvalue weighted by molar-refractivity contribution is -0.384. The average Bonchev–Trinajstić information content (AvgIpc) is 3.10.